The van der Waals surface area contributed by atoms with Gasteiger partial charge >= 0.3 is 106 Å². The van der Waals surface area contributed by atoms with Crippen LogP contribution in [-0.2, 0) is 0 Å². The molecule has 0 amide bonds. The summed E-state index contributed by atoms with van der Waals surface area (Å²) in [5.74, 6) is 0. The molecule has 30 heavy (non-hydrogen) atoms. The molecule has 0 atom stereocenters. The maximum atomic E-state index is 0. The molecule has 0 aliphatic rings. The fourth-order valence-electron chi connectivity index (χ4n) is 0. The zero-order chi connectivity index (χ0) is 0. The molecule has 0 heterocycles. The standard InChI is InChI=1S/2Ga.6GeH3.4Ge.18H2O/h;;6*1H3;;;;;18*1H2/p-2. The topological polar surface area (TPSA) is 564 Å². The van der Waals surface area contributed by atoms with Crippen LogP contribution in [0.5, 0.6) is 0 Å². The molecule has 0 spiro atoms. The maximum Gasteiger partial charge on any atom is 0 e. The smallest absolute Gasteiger partial charge is 0 e. The van der Waals surface area contributed by atoms with Crippen molar-refractivity contribution < 1.29 is 98.6 Å². The summed E-state index contributed by atoms with van der Waals surface area (Å²) in [4.78, 5) is 0. The zero-order valence-corrected chi connectivity index (χ0v) is 56.5. The first-order valence-corrected chi connectivity index (χ1v) is 0. The van der Waals surface area contributed by atoms with Crippen molar-refractivity contribution in [3.63, 3.8) is 0 Å². The van der Waals surface area contributed by atoms with Gasteiger partial charge in [0.25, 0.3) is 0 Å². The first kappa shape index (κ1) is 1230. The van der Waals surface area contributed by atoms with E-state index in [9.17, 15) is 0 Å². The number of rotatable bonds is 0. The molecule has 0 bridgehead atoms. The van der Waals surface area contributed by atoms with Crippen molar-refractivity contribution in [2.45, 2.75) is 0 Å². The Hall–Kier alpha value is 5.98. The molecule has 0 aliphatic carbocycles. The Bertz CT molecular complexity index is 36.9. The summed E-state index contributed by atoms with van der Waals surface area (Å²) in [6, 6.07) is 0. The largest absolute Gasteiger partial charge is 0.870 e. The first-order valence-electron chi connectivity index (χ1n) is 0. The Kier molecular flexibility index (Phi) is 46300. The normalized spacial score (nSPS) is 0. The molecular formula is H52Ga2Ge10O18-2. The van der Waals surface area contributed by atoms with Gasteiger partial charge in [0.05, 0.1) is 0 Å². The molecule has 30 heteroatoms. The molecule has 0 saturated carbocycles. The predicted molar refractivity (Wildman–Crippen MR) is 156 cm³/mol. The Labute approximate surface area is 309 Å². The van der Waals surface area contributed by atoms with Crippen molar-refractivity contribution in [1.82, 2.24) is 0 Å². The third kappa shape index (κ3) is 1030. The van der Waals surface area contributed by atoms with E-state index in [1.165, 1.54) is 0 Å². The van der Waals surface area contributed by atoms with Crippen LogP contribution in [0.3, 0.4) is 0 Å². The first-order chi connectivity index (χ1) is 0. The quantitative estimate of drug-likeness (QED) is 0.213. The predicted octanol–water partition coefficient (Wildman–Crippen LogP) is -22.9. The molecule has 34 N–H and O–H groups in total. The second-order valence-corrected chi connectivity index (χ2v) is 0. The van der Waals surface area contributed by atoms with E-state index in [2.05, 4.69) is 0 Å². The van der Waals surface area contributed by atoms with E-state index in [1.807, 2.05) is 0 Å². The van der Waals surface area contributed by atoms with Gasteiger partial charge in [-0.3, -0.25) is 0 Å². The molecule has 0 unspecified atom stereocenters. The van der Waals surface area contributed by atoms with Gasteiger partial charge in [0.2, 0.25) is 0 Å². The van der Waals surface area contributed by atoms with E-state index in [-0.39, 0.29) is 314 Å². The van der Waals surface area contributed by atoms with Gasteiger partial charge in [-0.25, -0.2) is 0 Å². The van der Waals surface area contributed by atoms with E-state index in [0.29, 0.717) is 0 Å². The van der Waals surface area contributed by atoms with Gasteiger partial charge in [0.15, 0.2) is 0 Å². The summed E-state index contributed by atoms with van der Waals surface area (Å²) in [7, 11) is 0. The Balaban J connectivity index is 0. The molecule has 0 fully saturated rings. The summed E-state index contributed by atoms with van der Waals surface area (Å²) in [5, 5.41) is 0. The van der Waals surface area contributed by atoms with E-state index in [4.69, 9.17) is 0 Å². The minimum atomic E-state index is 0. The molecular weight excluding hydrogens is 1150 g/mol. The van der Waals surface area contributed by atoms with Crippen molar-refractivity contribution in [1.29, 1.82) is 0 Å². The van der Waals surface area contributed by atoms with Gasteiger partial charge in [-0.2, -0.15) is 0 Å². The minimum absolute atomic E-state index is 0. The molecule has 18 nitrogen and oxygen atoms in total. The fraction of sp³-hybridized carbons (Fsp3) is 0. The Morgan fingerprint density at radius 3 is 0.167 bits per heavy atom. The molecule has 0 aromatic heterocycles. The van der Waals surface area contributed by atoms with Gasteiger partial charge in [0, 0.05) is 110 Å². The molecule has 0 saturated heterocycles. The van der Waals surface area contributed by atoms with E-state index < -0.39 is 0 Å². The van der Waals surface area contributed by atoms with Gasteiger partial charge in [-0.05, 0) is 0 Å². The van der Waals surface area contributed by atoms with Crippen molar-refractivity contribution in [2.24, 2.45) is 0 Å². The van der Waals surface area contributed by atoms with Crippen LogP contribution in [0, 0.1) is 0 Å². The van der Waals surface area contributed by atoms with Gasteiger partial charge in [-0.15, -0.1) is 0 Å². The third-order valence-corrected chi connectivity index (χ3v) is 0. The summed E-state index contributed by atoms with van der Waals surface area (Å²) in [6.07, 6.45) is 0. The average molecular weight is 1210 g/mol. The van der Waals surface area contributed by atoms with Crippen LogP contribution < -0.4 is 0 Å². The molecule has 28 radical (unpaired) electrons. The van der Waals surface area contributed by atoms with Crippen molar-refractivity contribution in [3.05, 3.63) is 0 Å². The average Bonchev–Trinajstić information content (AvgIpc) is 0. The number of hydrogen-bond acceptors (Lipinski definition) is 2. The summed E-state index contributed by atoms with van der Waals surface area (Å²) < 4.78 is 0. The molecule has 208 valence electrons. The fourth-order valence-corrected chi connectivity index (χ4v) is 0. The van der Waals surface area contributed by atoms with Crippen molar-refractivity contribution in [3.8, 4) is 0 Å². The third-order valence-electron chi connectivity index (χ3n) is 0. The van der Waals surface area contributed by atoms with Crippen LogP contribution in [-0.4, -0.2) is 314 Å². The summed E-state index contributed by atoms with van der Waals surface area (Å²) in [5.41, 5.74) is 0. The monoisotopic (exact) mass is 1220 g/mol. The Morgan fingerprint density at radius 1 is 0.167 bits per heavy atom. The van der Waals surface area contributed by atoms with Gasteiger partial charge in [-0.1, -0.05) is 0 Å². The van der Waals surface area contributed by atoms with Crippen LogP contribution in [0.2, 0.25) is 0 Å². The maximum absolute atomic E-state index is 0. The summed E-state index contributed by atoms with van der Waals surface area (Å²) in [6.45, 7) is 0. The van der Waals surface area contributed by atoms with Crippen LogP contribution in [0.25, 0.3) is 0 Å². The molecule has 0 rings (SSSR count). The van der Waals surface area contributed by atoms with Crippen LogP contribution in [0.15, 0.2) is 0 Å². The van der Waals surface area contributed by atoms with E-state index in [1.54, 1.807) is 0 Å². The van der Waals surface area contributed by atoms with Crippen LogP contribution >= 0.6 is 0 Å². The van der Waals surface area contributed by atoms with Crippen molar-refractivity contribution in [2.75, 3.05) is 0 Å². The minimum Gasteiger partial charge on any atom is -0.870 e. The Morgan fingerprint density at radius 2 is 0.167 bits per heavy atom. The van der Waals surface area contributed by atoms with Crippen LogP contribution in [0.4, 0.5) is 0 Å². The summed E-state index contributed by atoms with van der Waals surface area (Å²) >= 11 is 0. The SMILES string of the molecule is O.O.O.O.O.O.O.O.O.O.O.O.O.O.O.O.[Ga].[Ga].[GeH3].[GeH3].[GeH3].[GeH3].[GeH3].[GeH3].[Ge].[Ge].[Ge].[Ge].[OH-].[OH-]. The van der Waals surface area contributed by atoms with E-state index in [0.717, 1.165) is 0 Å². The van der Waals surface area contributed by atoms with Crippen LogP contribution in [0.1, 0.15) is 0 Å². The molecule has 0 aromatic carbocycles. The van der Waals surface area contributed by atoms with Crippen molar-refractivity contribution >= 4 is 216 Å². The second kappa shape index (κ2) is 1130. The van der Waals surface area contributed by atoms with E-state index >= 15 is 0 Å². The molecule has 0 aromatic rings. The second-order valence-electron chi connectivity index (χ2n) is 0. The van der Waals surface area contributed by atoms with Gasteiger partial charge < -0.3 is 98.6 Å². The molecule has 0 aliphatic heterocycles. The van der Waals surface area contributed by atoms with Gasteiger partial charge in [0.1, 0.15) is 0 Å². The zero-order valence-electron chi connectivity index (χ0n) is 18.0. The number of hydrogen-bond donors (Lipinski definition) is 0.